The minimum absolute atomic E-state index is 0. The molecule has 3 rings (SSSR count). The third-order valence-electron chi connectivity index (χ3n) is 3.35. The van der Waals surface area contributed by atoms with E-state index in [1.165, 1.54) is 29.7 Å². The van der Waals surface area contributed by atoms with Crippen LogP contribution in [0.15, 0.2) is 12.1 Å². The van der Waals surface area contributed by atoms with Gasteiger partial charge in [0, 0.05) is 26.2 Å². The second-order valence-corrected chi connectivity index (χ2v) is 4.78. The molecular weight excluding hydrogens is 243 g/mol. The summed E-state index contributed by atoms with van der Waals surface area (Å²) in [7, 11) is 0. The topological polar surface area (TPSA) is 15.3 Å². The van der Waals surface area contributed by atoms with E-state index in [1.807, 2.05) is 0 Å². The summed E-state index contributed by atoms with van der Waals surface area (Å²) in [5.41, 5.74) is 4.01. The molecule has 0 bridgehead atoms. The molecule has 0 amide bonds. The molecule has 4 heteroatoms. The Morgan fingerprint density at radius 2 is 1.69 bits per heavy atom. The molecule has 2 heterocycles. The second kappa shape index (κ2) is 4.82. The van der Waals surface area contributed by atoms with Crippen LogP contribution in [0, 0.1) is 0 Å². The Kier molecular flexibility index (Phi) is 3.63. The van der Waals surface area contributed by atoms with Crippen LogP contribution in [0.3, 0.4) is 0 Å². The Bertz CT molecular complexity index is 387. The fourth-order valence-corrected chi connectivity index (χ4v) is 2.81. The Morgan fingerprint density at radius 3 is 2.38 bits per heavy atom. The summed E-state index contributed by atoms with van der Waals surface area (Å²) in [6.07, 6.45) is 2.59. The van der Waals surface area contributed by atoms with Crippen molar-refractivity contribution in [1.82, 2.24) is 5.32 Å². The molecule has 0 atom stereocenters. The van der Waals surface area contributed by atoms with Crippen LogP contribution in [-0.2, 0) is 13.1 Å². The molecule has 1 fully saturated rings. The zero-order chi connectivity index (χ0) is 10.3. The minimum atomic E-state index is 0. The molecule has 2 nitrogen and oxygen atoms in total. The normalized spacial score (nSPS) is 18.4. The first-order valence-electron chi connectivity index (χ1n) is 5.61. The van der Waals surface area contributed by atoms with Gasteiger partial charge in [0.1, 0.15) is 0 Å². The fourth-order valence-electron chi connectivity index (χ4n) is 2.51. The maximum atomic E-state index is 6.32. The van der Waals surface area contributed by atoms with Crippen LogP contribution in [0.25, 0.3) is 0 Å². The van der Waals surface area contributed by atoms with Crippen LogP contribution >= 0.6 is 24.0 Å². The molecule has 16 heavy (non-hydrogen) atoms. The van der Waals surface area contributed by atoms with Crippen molar-refractivity contribution in [3.05, 3.63) is 28.3 Å². The third kappa shape index (κ3) is 2.02. The van der Waals surface area contributed by atoms with E-state index in [4.69, 9.17) is 11.6 Å². The molecule has 1 saturated heterocycles. The summed E-state index contributed by atoms with van der Waals surface area (Å²) in [6, 6.07) is 4.40. The van der Waals surface area contributed by atoms with Crippen molar-refractivity contribution >= 4 is 29.7 Å². The van der Waals surface area contributed by atoms with Gasteiger partial charge in [0.2, 0.25) is 0 Å². The summed E-state index contributed by atoms with van der Waals surface area (Å²) < 4.78 is 0. The van der Waals surface area contributed by atoms with Crippen LogP contribution in [0.1, 0.15) is 24.0 Å². The van der Waals surface area contributed by atoms with Crippen molar-refractivity contribution in [2.24, 2.45) is 0 Å². The van der Waals surface area contributed by atoms with E-state index in [-0.39, 0.29) is 12.4 Å². The molecule has 0 spiro atoms. The zero-order valence-electron chi connectivity index (χ0n) is 9.13. The van der Waals surface area contributed by atoms with Gasteiger partial charge in [-0.1, -0.05) is 11.6 Å². The van der Waals surface area contributed by atoms with Crippen LogP contribution in [-0.4, -0.2) is 13.1 Å². The van der Waals surface area contributed by atoms with E-state index in [0.717, 1.165) is 31.2 Å². The van der Waals surface area contributed by atoms with Crippen molar-refractivity contribution in [1.29, 1.82) is 0 Å². The van der Waals surface area contributed by atoms with Gasteiger partial charge in [-0.2, -0.15) is 0 Å². The highest BCUT2D eigenvalue weighted by Gasteiger charge is 2.19. The first-order valence-corrected chi connectivity index (χ1v) is 5.99. The van der Waals surface area contributed by atoms with E-state index < -0.39 is 0 Å². The van der Waals surface area contributed by atoms with Gasteiger partial charge in [-0.3, -0.25) is 0 Å². The molecule has 0 saturated carbocycles. The van der Waals surface area contributed by atoms with Crippen LogP contribution in [0.2, 0.25) is 5.02 Å². The first-order chi connectivity index (χ1) is 7.34. The van der Waals surface area contributed by atoms with E-state index in [2.05, 4.69) is 22.3 Å². The fraction of sp³-hybridized carbons (Fsp3) is 0.500. The lowest BCUT2D eigenvalue weighted by Gasteiger charge is -2.20. The lowest BCUT2D eigenvalue weighted by Crippen LogP contribution is -2.18. The molecule has 0 unspecified atom stereocenters. The smallest absolute Gasteiger partial charge is 0.0643 e. The van der Waals surface area contributed by atoms with Gasteiger partial charge in [0.05, 0.1) is 10.7 Å². The summed E-state index contributed by atoms with van der Waals surface area (Å²) in [5, 5.41) is 4.27. The number of halogens is 2. The largest absolute Gasteiger partial charge is 0.370 e. The molecule has 2 aliphatic rings. The Labute approximate surface area is 107 Å². The second-order valence-electron chi connectivity index (χ2n) is 4.37. The van der Waals surface area contributed by atoms with Gasteiger partial charge in [-0.05, 0) is 36.1 Å². The highest BCUT2D eigenvalue weighted by atomic mass is 35.5. The maximum absolute atomic E-state index is 6.32. The van der Waals surface area contributed by atoms with Crippen molar-refractivity contribution < 1.29 is 0 Å². The van der Waals surface area contributed by atoms with Gasteiger partial charge < -0.3 is 10.2 Å². The summed E-state index contributed by atoms with van der Waals surface area (Å²) >= 11 is 6.32. The van der Waals surface area contributed by atoms with Crippen LogP contribution in [0.5, 0.6) is 0 Å². The Morgan fingerprint density at radius 1 is 1.06 bits per heavy atom. The molecule has 0 aliphatic carbocycles. The van der Waals surface area contributed by atoms with Crippen molar-refractivity contribution in [2.75, 3.05) is 18.0 Å². The van der Waals surface area contributed by atoms with E-state index in [9.17, 15) is 0 Å². The number of anilines is 1. The number of nitrogens with one attached hydrogen (secondary N) is 1. The highest BCUT2D eigenvalue weighted by Crippen LogP contribution is 2.33. The number of rotatable bonds is 1. The molecule has 1 N–H and O–H groups in total. The van der Waals surface area contributed by atoms with E-state index in [0.29, 0.717) is 0 Å². The average Bonchev–Trinajstić information content (AvgIpc) is 2.85. The van der Waals surface area contributed by atoms with E-state index in [1.54, 1.807) is 0 Å². The lowest BCUT2D eigenvalue weighted by atomic mass is 10.1. The molecule has 1 aromatic rings. The van der Waals surface area contributed by atoms with Crippen molar-refractivity contribution in [2.45, 2.75) is 25.9 Å². The van der Waals surface area contributed by atoms with Crippen LogP contribution < -0.4 is 10.2 Å². The summed E-state index contributed by atoms with van der Waals surface area (Å²) in [5.74, 6) is 0. The van der Waals surface area contributed by atoms with Crippen molar-refractivity contribution in [3.8, 4) is 0 Å². The third-order valence-corrected chi connectivity index (χ3v) is 3.65. The SMILES string of the molecule is Cl.Clc1cc2c(cc1N1CCCC1)CNC2. The highest BCUT2D eigenvalue weighted by molar-refractivity contribution is 6.33. The molecular formula is C12H16Cl2N2. The van der Waals surface area contributed by atoms with Crippen molar-refractivity contribution in [3.63, 3.8) is 0 Å². The predicted octanol–water partition coefficient (Wildman–Crippen LogP) is 2.97. The molecule has 0 radical (unpaired) electrons. The number of nitrogens with zero attached hydrogens (tertiary/aromatic N) is 1. The number of hydrogen-bond acceptors (Lipinski definition) is 2. The first kappa shape index (κ1) is 12.0. The van der Waals surface area contributed by atoms with Gasteiger partial charge in [-0.15, -0.1) is 12.4 Å². The molecule has 2 aliphatic heterocycles. The Hall–Kier alpha value is -0.440. The molecule has 0 aromatic heterocycles. The average molecular weight is 259 g/mol. The monoisotopic (exact) mass is 258 g/mol. The molecule has 88 valence electrons. The number of hydrogen-bond donors (Lipinski definition) is 1. The van der Waals surface area contributed by atoms with Gasteiger partial charge >= 0.3 is 0 Å². The lowest BCUT2D eigenvalue weighted by molar-refractivity contribution is 0.764. The molecule has 1 aromatic carbocycles. The van der Waals surface area contributed by atoms with Crippen LogP contribution in [0.4, 0.5) is 5.69 Å². The Balaban J connectivity index is 0.000000963. The quantitative estimate of drug-likeness (QED) is 0.834. The standard InChI is InChI=1S/C12H15ClN2.ClH/c13-11-5-9-7-14-8-10(9)6-12(11)15-3-1-2-4-15;/h5-6,14H,1-4,7-8H2;1H. The summed E-state index contributed by atoms with van der Waals surface area (Å²) in [4.78, 5) is 2.40. The number of fused-ring (bicyclic) bond motifs is 1. The van der Waals surface area contributed by atoms with Gasteiger partial charge in [0.25, 0.3) is 0 Å². The predicted molar refractivity (Wildman–Crippen MR) is 70.7 cm³/mol. The van der Waals surface area contributed by atoms with Gasteiger partial charge in [0.15, 0.2) is 0 Å². The minimum Gasteiger partial charge on any atom is -0.370 e. The zero-order valence-corrected chi connectivity index (χ0v) is 10.7. The summed E-state index contributed by atoms with van der Waals surface area (Å²) in [6.45, 7) is 4.28. The van der Waals surface area contributed by atoms with E-state index >= 15 is 0 Å². The number of benzene rings is 1. The maximum Gasteiger partial charge on any atom is 0.0643 e. The van der Waals surface area contributed by atoms with Gasteiger partial charge in [-0.25, -0.2) is 0 Å².